The Balaban J connectivity index is 2.27. The molecule has 150 valence electrons. The second-order valence-corrected chi connectivity index (χ2v) is 6.38. The van der Waals surface area contributed by atoms with E-state index in [-0.39, 0.29) is 17.2 Å². The third-order valence-electron chi connectivity index (χ3n) is 4.91. The number of methoxy groups -OCH3 is 4. The zero-order chi connectivity index (χ0) is 20.4. The highest BCUT2D eigenvalue weighted by Gasteiger charge is 2.41. The molecule has 3 rings (SSSR count). The topological polar surface area (TPSA) is 106 Å². The number of allylic oxidation sites excluding steroid dienone is 2. The number of ketones is 1. The lowest BCUT2D eigenvalue weighted by atomic mass is 9.77. The van der Waals surface area contributed by atoms with Gasteiger partial charge in [0.1, 0.15) is 11.3 Å². The molecular weight excluding hydrogens is 366 g/mol. The van der Waals surface area contributed by atoms with Crippen molar-refractivity contribution in [1.29, 1.82) is 0 Å². The van der Waals surface area contributed by atoms with Crippen LogP contribution in [0.3, 0.4) is 0 Å². The third kappa shape index (κ3) is 3.15. The Morgan fingerprint density at radius 2 is 1.71 bits per heavy atom. The van der Waals surface area contributed by atoms with Crippen molar-refractivity contribution in [3.05, 3.63) is 40.5 Å². The molecule has 1 aromatic rings. The van der Waals surface area contributed by atoms with E-state index in [2.05, 4.69) is 0 Å². The predicted molar refractivity (Wildman–Crippen MR) is 99.0 cm³/mol. The molecule has 0 bridgehead atoms. The van der Waals surface area contributed by atoms with Gasteiger partial charge >= 0.3 is 5.97 Å². The van der Waals surface area contributed by atoms with E-state index in [4.69, 9.17) is 29.4 Å². The largest absolute Gasteiger partial charge is 0.493 e. The molecule has 0 aromatic heterocycles. The molecule has 28 heavy (non-hydrogen) atoms. The summed E-state index contributed by atoms with van der Waals surface area (Å²) in [5.41, 5.74) is 7.13. The summed E-state index contributed by atoms with van der Waals surface area (Å²) in [6.45, 7) is 0. The second kappa shape index (κ2) is 7.84. The molecule has 0 radical (unpaired) electrons. The van der Waals surface area contributed by atoms with Crippen LogP contribution in [-0.4, -0.2) is 40.2 Å². The van der Waals surface area contributed by atoms with Gasteiger partial charge in [0, 0.05) is 18.4 Å². The van der Waals surface area contributed by atoms with Gasteiger partial charge in [-0.3, -0.25) is 4.79 Å². The zero-order valence-corrected chi connectivity index (χ0v) is 16.3. The molecule has 1 aliphatic carbocycles. The number of ether oxygens (including phenoxy) is 5. The van der Waals surface area contributed by atoms with E-state index in [1.54, 1.807) is 12.1 Å². The molecule has 2 N–H and O–H groups in total. The fourth-order valence-electron chi connectivity index (χ4n) is 3.67. The van der Waals surface area contributed by atoms with Crippen LogP contribution in [0.4, 0.5) is 0 Å². The maximum atomic E-state index is 12.8. The lowest BCUT2D eigenvalue weighted by Gasteiger charge is -2.32. The van der Waals surface area contributed by atoms with Crippen LogP contribution in [0.2, 0.25) is 0 Å². The Labute approximate surface area is 162 Å². The lowest BCUT2D eigenvalue weighted by Crippen LogP contribution is -2.31. The maximum Gasteiger partial charge on any atom is 0.340 e. The standard InChI is InChI=1S/C20H23NO7/c1-24-13-8-10(9-14(25-2)18(13)26-3)15-16-11(22)6-5-7-12(16)28-19(21)17(15)20(23)27-4/h8-9,15H,5-7,21H2,1-4H3. The minimum atomic E-state index is -0.752. The van der Waals surface area contributed by atoms with Crippen molar-refractivity contribution in [2.24, 2.45) is 5.73 Å². The van der Waals surface area contributed by atoms with Crippen LogP contribution in [0.25, 0.3) is 0 Å². The first-order valence-electron chi connectivity index (χ1n) is 8.78. The van der Waals surface area contributed by atoms with Crippen molar-refractivity contribution < 1.29 is 33.3 Å². The summed E-state index contributed by atoms with van der Waals surface area (Å²) in [6, 6.07) is 3.39. The van der Waals surface area contributed by atoms with E-state index in [1.165, 1.54) is 28.4 Å². The van der Waals surface area contributed by atoms with Crippen LogP contribution < -0.4 is 19.9 Å². The SMILES string of the molecule is COC(=O)C1=C(N)OC2=C(C(=O)CCC2)C1c1cc(OC)c(OC)c(OC)c1. The highest BCUT2D eigenvalue weighted by atomic mass is 16.5. The van der Waals surface area contributed by atoms with Gasteiger partial charge < -0.3 is 29.4 Å². The molecule has 1 heterocycles. The molecule has 1 aromatic carbocycles. The Morgan fingerprint density at radius 3 is 2.25 bits per heavy atom. The summed E-state index contributed by atoms with van der Waals surface area (Å²) in [6.07, 6.45) is 1.61. The van der Waals surface area contributed by atoms with Crippen molar-refractivity contribution in [3.8, 4) is 17.2 Å². The minimum absolute atomic E-state index is 0.0703. The van der Waals surface area contributed by atoms with Crippen LogP contribution in [0.5, 0.6) is 17.2 Å². The summed E-state index contributed by atoms with van der Waals surface area (Å²) < 4.78 is 26.7. The summed E-state index contributed by atoms with van der Waals surface area (Å²) in [4.78, 5) is 25.3. The highest BCUT2D eigenvalue weighted by molar-refractivity contribution is 6.03. The molecule has 8 nitrogen and oxygen atoms in total. The molecule has 1 atom stereocenters. The maximum absolute atomic E-state index is 12.8. The van der Waals surface area contributed by atoms with Crippen LogP contribution in [0, 0.1) is 0 Å². The molecule has 0 spiro atoms. The zero-order valence-electron chi connectivity index (χ0n) is 16.3. The molecule has 0 saturated carbocycles. The van der Waals surface area contributed by atoms with Gasteiger partial charge in [0.25, 0.3) is 0 Å². The number of Topliss-reactive ketones (excluding diaryl/α,β-unsaturated/α-hetero) is 1. The number of hydrogen-bond donors (Lipinski definition) is 1. The van der Waals surface area contributed by atoms with E-state index in [9.17, 15) is 9.59 Å². The average Bonchev–Trinajstić information content (AvgIpc) is 2.71. The van der Waals surface area contributed by atoms with E-state index < -0.39 is 11.9 Å². The summed E-state index contributed by atoms with van der Waals surface area (Å²) in [5.74, 6) is 0.113. The van der Waals surface area contributed by atoms with Crippen molar-refractivity contribution in [3.63, 3.8) is 0 Å². The molecule has 0 amide bonds. The number of rotatable bonds is 5. The van der Waals surface area contributed by atoms with E-state index in [0.29, 0.717) is 53.4 Å². The number of carbonyl (C=O) groups is 2. The Bertz CT molecular complexity index is 860. The van der Waals surface area contributed by atoms with Gasteiger partial charge in [0.2, 0.25) is 11.6 Å². The predicted octanol–water partition coefficient (Wildman–Crippen LogP) is 2.18. The second-order valence-electron chi connectivity index (χ2n) is 6.38. The van der Waals surface area contributed by atoms with E-state index in [1.807, 2.05) is 0 Å². The van der Waals surface area contributed by atoms with Gasteiger partial charge in [0.15, 0.2) is 17.3 Å². The Kier molecular flexibility index (Phi) is 5.48. The third-order valence-corrected chi connectivity index (χ3v) is 4.91. The van der Waals surface area contributed by atoms with E-state index >= 15 is 0 Å². The van der Waals surface area contributed by atoms with Gasteiger partial charge in [-0.2, -0.15) is 0 Å². The summed E-state index contributed by atoms with van der Waals surface area (Å²) >= 11 is 0. The molecule has 2 aliphatic rings. The minimum Gasteiger partial charge on any atom is -0.493 e. The molecular formula is C20H23NO7. The van der Waals surface area contributed by atoms with Gasteiger partial charge in [-0.05, 0) is 24.1 Å². The van der Waals surface area contributed by atoms with Crippen molar-refractivity contribution >= 4 is 11.8 Å². The van der Waals surface area contributed by atoms with Crippen LogP contribution >= 0.6 is 0 Å². The van der Waals surface area contributed by atoms with Crippen molar-refractivity contribution in [1.82, 2.24) is 0 Å². The van der Waals surface area contributed by atoms with Gasteiger partial charge in [-0.1, -0.05) is 0 Å². The first-order valence-corrected chi connectivity index (χ1v) is 8.78. The lowest BCUT2D eigenvalue weighted by molar-refractivity contribution is -0.136. The summed E-state index contributed by atoms with van der Waals surface area (Å²) in [5, 5.41) is 0. The number of carbonyl (C=O) groups excluding carboxylic acids is 2. The molecule has 0 saturated heterocycles. The van der Waals surface area contributed by atoms with Gasteiger partial charge in [-0.15, -0.1) is 0 Å². The number of hydrogen-bond acceptors (Lipinski definition) is 8. The van der Waals surface area contributed by atoms with E-state index in [0.717, 1.165) is 0 Å². The van der Waals surface area contributed by atoms with Gasteiger partial charge in [0.05, 0.1) is 34.4 Å². The first kappa shape index (κ1) is 19.6. The fourth-order valence-corrected chi connectivity index (χ4v) is 3.67. The van der Waals surface area contributed by atoms with Crippen LogP contribution in [0.1, 0.15) is 30.7 Å². The number of esters is 1. The van der Waals surface area contributed by atoms with Gasteiger partial charge in [-0.25, -0.2) is 4.79 Å². The average molecular weight is 389 g/mol. The van der Waals surface area contributed by atoms with Crippen LogP contribution in [0.15, 0.2) is 34.9 Å². The monoisotopic (exact) mass is 389 g/mol. The number of nitrogens with two attached hydrogens (primary N) is 1. The summed E-state index contributed by atoms with van der Waals surface area (Å²) in [7, 11) is 5.73. The Morgan fingerprint density at radius 1 is 1.07 bits per heavy atom. The molecule has 0 fully saturated rings. The highest BCUT2D eigenvalue weighted by Crippen LogP contribution is 2.48. The smallest absolute Gasteiger partial charge is 0.340 e. The van der Waals surface area contributed by atoms with Crippen LogP contribution in [-0.2, 0) is 19.1 Å². The molecule has 8 heteroatoms. The Hall–Kier alpha value is -3.16. The fraction of sp³-hybridized carbons (Fsp3) is 0.400. The quantitative estimate of drug-likeness (QED) is 0.764. The van der Waals surface area contributed by atoms with Crippen molar-refractivity contribution in [2.45, 2.75) is 25.2 Å². The molecule has 1 aliphatic heterocycles. The van der Waals surface area contributed by atoms with Crippen molar-refractivity contribution in [2.75, 3.05) is 28.4 Å². The normalized spacial score (nSPS) is 19.0. The first-order chi connectivity index (χ1) is 13.5. The number of benzene rings is 1. The molecule has 1 unspecified atom stereocenters.